The van der Waals surface area contributed by atoms with E-state index in [0.717, 1.165) is 52.7 Å². The first kappa shape index (κ1) is 48.0. The number of hydrogen-bond acceptors (Lipinski definition) is 3. The average molecular weight is 912 g/mol. The molecule has 3 heteroatoms. The van der Waals surface area contributed by atoms with Crippen molar-refractivity contribution in [3.8, 4) is 0 Å². The first-order valence-corrected chi connectivity index (χ1v) is 25.4. The Labute approximate surface area is 416 Å². The second kappa shape index (κ2) is 16.8. The standard InChI is InChI=1S/C66H77N3/c1-44-35-55-57(66(15,16)43-64(55,11)12)41-58(44)69(51-33-34-54-56(38-51)65(13,14)42-63(54,9)10)60-40-52(68(48-27-19-17-20-28-48)49-29-21-18-22-30-49)39-59-53(60)32-24-26-46(61(3,4)5)36-45(2)67(59)50-31-23-25-47(37-50)62(6,7)8/h17-31,33-41H,2,32,42-43H2,1,3-16H3/b26-24-,46-36+. The van der Waals surface area contributed by atoms with Crippen LogP contribution in [0.5, 0.6) is 0 Å². The number of rotatable bonds is 7. The molecule has 0 spiro atoms. The maximum absolute atomic E-state index is 4.99. The topological polar surface area (TPSA) is 9.72 Å². The number of hydrogen-bond donors (Lipinski definition) is 0. The second-order valence-electron chi connectivity index (χ2n) is 25.2. The molecular weight excluding hydrogens is 835 g/mol. The first-order chi connectivity index (χ1) is 32.3. The van der Waals surface area contributed by atoms with Crippen molar-refractivity contribution in [2.45, 2.75) is 150 Å². The molecule has 6 aromatic rings. The number of aryl methyl sites for hydroxylation is 1. The number of para-hydroxylation sites is 2. The number of benzene rings is 6. The Balaban J connectivity index is 1.45. The molecule has 69 heavy (non-hydrogen) atoms. The van der Waals surface area contributed by atoms with Gasteiger partial charge in [-0.25, -0.2) is 0 Å². The van der Waals surface area contributed by atoms with Crippen molar-refractivity contribution >= 4 is 45.5 Å². The highest BCUT2D eigenvalue weighted by atomic mass is 15.2. The molecule has 6 aromatic carbocycles. The zero-order valence-electron chi connectivity index (χ0n) is 44.5. The van der Waals surface area contributed by atoms with E-state index in [9.17, 15) is 0 Å². The SMILES string of the molecule is C=C1/C=C(C(C)(C)C)\C=C/Cc2c(cc(N(c3ccccc3)c3ccccc3)cc2N(c2ccc3c(c2)C(C)(C)CC3(C)C)c2cc3c(cc2C)C(C)(C)CC3(C)C)N1c1cccc(C(C)(C)C)c1. The largest absolute Gasteiger partial charge is 0.311 e. The molecule has 3 nitrogen and oxygen atoms in total. The zero-order chi connectivity index (χ0) is 49.6. The summed E-state index contributed by atoms with van der Waals surface area (Å²) in [6.07, 6.45) is 10.0. The molecule has 0 saturated heterocycles. The Kier molecular flexibility index (Phi) is 11.7. The van der Waals surface area contributed by atoms with Crippen molar-refractivity contribution in [3.05, 3.63) is 202 Å². The summed E-state index contributed by atoms with van der Waals surface area (Å²) in [6, 6.07) is 48.3. The van der Waals surface area contributed by atoms with Crippen molar-refractivity contribution in [2.75, 3.05) is 14.7 Å². The number of fused-ring (bicyclic) bond motifs is 3. The molecule has 9 rings (SSSR count). The molecule has 0 fully saturated rings. The summed E-state index contributed by atoms with van der Waals surface area (Å²) >= 11 is 0. The molecule has 1 heterocycles. The van der Waals surface area contributed by atoms with Gasteiger partial charge in [-0.05, 0) is 170 Å². The molecule has 2 aliphatic carbocycles. The Morgan fingerprint density at radius 1 is 0.507 bits per heavy atom. The fraction of sp³-hybridized carbons (Fsp3) is 0.364. The normalized spacial score (nSPS) is 19.0. The van der Waals surface area contributed by atoms with Crippen molar-refractivity contribution in [1.82, 2.24) is 0 Å². The predicted octanol–water partition coefficient (Wildman–Crippen LogP) is 18.9. The molecule has 0 amide bonds. The highest BCUT2D eigenvalue weighted by Gasteiger charge is 2.44. The van der Waals surface area contributed by atoms with E-state index in [1.54, 1.807) is 0 Å². The molecule has 0 radical (unpaired) electrons. The lowest BCUT2D eigenvalue weighted by atomic mass is 9.82. The summed E-state index contributed by atoms with van der Waals surface area (Å²) < 4.78 is 0. The zero-order valence-corrected chi connectivity index (χ0v) is 44.5. The van der Waals surface area contributed by atoms with Gasteiger partial charge in [-0.3, -0.25) is 0 Å². The van der Waals surface area contributed by atoms with Gasteiger partial charge in [-0.2, -0.15) is 0 Å². The van der Waals surface area contributed by atoms with Gasteiger partial charge in [0.2, 0.25) is 0 Å². The third-order valence-electron chi connectivity index (χ3n) is 15.5. The summed E-state index contributed by atoms with van der Waals surface area (Å²) in [5.74, 6) is 0. The minimum atomic E-state index is -0.112. The first-order valence-electron chi connectivity index (χ1n) is 25.4. The van der Waals surface area contributed by atoms with E-state index in [2.05, 4.69) is 264 Å². The maximum atomic E-state index is 4.99. The van der Waals surface area contributed by atoms with E-state index >= 15 is 0 Å². The summed E-state index contributed by atoms with van der Waals surface area (Å²) in [4.78, 5) is 7.53. The van der Waals surface area contributed by atoms with Crippen LogP contribution >= 0.6 is 0 Å². The van der Waals surface area contributed by atoms with Gasteiger partial charge in [0.05, 0.1) is 17.1 Å². The van der Waals surface area contributed by atoms with E-state index in [1.165, 1.54) is 55.9 Å². The van der Waals surface area contributed by atoms with Crippen LogP contribution < -0.4 is 14.7 Å². The molecule has 0 saturated carbocycles. The smallest absolute Gasteiger partial charge is 0.0538 e. The van der Waals surface area contributed by atoms with E-state index in [4.69, 9.17) is 6.58 Å². The highest BCUT2D eigenvalue weighted by molar-refractivity contribution is 5.92. The summed E-state index contributed by atoms with van der Waals surface area (Å²) in [5, 5.41) is 0. The van der Waals surface area contributed by atoms with Crippen LogP contribution in [0.1, 0.15) is 149 Å². The fourth-order valence-corrected chi connectivity index (χ4v) is 12.5. The van der Waals surface area contributed by atoms with Gasteiger partial charge < -0.3 is 14.7 Å². The minimum Gasteiger partial charge on any atom is -0.311 e. The van der Waals surface area contributed by atoms with Crippen molar-refractivity contribution < 1.29 is 0 Å². The van der Waals surface area contributed by atoms with Gasteiger partial charge in [0.15, 0.2) is 0 Å². The van der Waals surface area contributed by atoms with Crippen molar-refractivity contribution in [3.63, 3.8) is 0 Å². The van der Waals surface area contributed by atoms with Crippen LogP contribution in [-0.2, 0) is 33.5 Å². The predicted molar refractivity (Wildman–Crippen MR) is 299 cm³/mol. The van der Waals surface area contributed by atoms with Crippen molar-refractivity contribution in [2.24, 2.45) is 5.41 Å². The molecule has 0 bridgehead atoms. The lowest BCUT2D eigenvalue weighted by Crippen LogP contribution is -2.22. The van der Waals surface area contributed by atoms with Gasteiger partial charge in [0, 0.05) is 39.7 Å². The van der Waals surface area contributed by atoms with Crippen molar-refractivity contribution in [1.29, 1.82) is 0 Å². The van der Waals surface area contributed by atoms with Crippen LogP contribution in [0, 0.1) is 12.3 Å². The third-order valence-corrected chi connectivity index (χ3v) is 15.5. The molecule has 0 N–H and O–H groups in total. The molecule has 0 unspecified atom stereocenters. The Morgan fingerprint density at radius 2 is 1.07 bits per heavy atom. The minimum absolute atomic E-state index is 0.00723. The van der Waals surface area contributed by atoms with Gasteiger partial charge in [0.1, 0.15) is 0 Å². The fourth-order valence-electron chi connectivity index (χ4n) is 12.5. The Bertz CT molecular complexity index is 2970. The molecule has 356 valence electrons. The highest BCUT2D eigenvalue weighted by Crippen LogP contribution is 2.56. The maximum Gasteiger partial charge on any atom is 0.0538 e. The van der Waals surface area contributed by atoms with Crippen LogP contribution in [0.25, 0.3) is 0 Å². The summed E-state index contributed by atoms with van der Waals surface area (Å²) in [7, 11) is 0. The van der Waals surface area contributed by atoms with Gasteiger partial charge in [-0.15, -0.1) is 0 Å². The molecule has 0 atom stereocenters. The number of anilines is 8. The van der Waals surface area contributed by atoms with E-state index in [0.29, 0.717) is 6.42 Å². The molecule has 1 aliphatic heterocycles. The van der Waals surface area contributed by atoms with Crippen LogP contribution in [0.2, 0.25) is 0 Å². The second-order valence-corrected chi connectivity index (χ2v) is 25.2. The Morgan fingerprint density at radius 3 is 1.65 bits per heavy atom. The summed E-state index contributed by atoms with van der Waals surface area (Å²) in [6.45, 7) is 40.7. The summed E-state index contributed by atoms with van der Waals surface area (Å²) in [5.41, 5.74) is 20.8. The quantitative estimate of drug-likeness (QED) is 0.158. The third kappa shape index (κ3) is 8.81. The lowest BCUT2D eigenvalue weighted by molar-refractivity contribution is 0.403. The average Bonchev–Trinajstić information content (AvgIpc) is 3.60. The van der Waals surface area contributed by atoms with Crippen LogP contribution in [-0.4, -0.2) is 0 Å². The van der Waals surface area contributed by atoms with Crippen LogP contribution in [0.3, 0.4) is 0 Å². The van der Waals surface area contributed by atoms with Gasteiger partial charge >= 0.3 is 0 Å². The lowest BCUT2D eigenvalue weighted by Gasteiger charge is -2.37. The monoisotopic (exact) mass is 912 g/mol. The molecule has 3 aliphatic rings. The number of nitrogens with zero attached hydrogens (tertiary/aromatic N) is 3. The Hall–Kier alpha value is -6.06. The van der Waals surface area contributed by atoms with Gasteiger partial charge in [-0.1, -0.05) is 176 Å². The molecule has 0 aromatic heterocycles. The van der Waals surface area contributed by atoms with Crippen LogP contribution in [0.15, 0.2) is 163 Å². The molecular formula is C66H77N3. The van der Waals surface area contributed by atoms with E-state index in [-0.39, 0.29) is 32.5 Å². The van der Waals surface area contributed by atoms with Gasteiger partial charge in [0.25, 0.3) is 0 Å². The van der Waals surface area contributed by atoms with E-state index < -0.39 is 0 Å². The number of allylic oxidation sites excluding steroid dienone is 4. The van der Waals surface area contributed by atoms with Crippen LogP contribution in [0.4, 0.5) is 45.5 Å². The van der Waals surface area contributed by atoms with E-state index in [1.807, 2.05) is 0 Å².